The number of halogens is 3. The van der Waals surface area contributed by atoms with Gasteiger partial charge in [0.2, 0.25) is 5.91 Å². The van der Waals surface area contributed by atoms with Crippen LogP contribution in [0.3, 0.4) is 0 Å². The second-order valence-electron chi connectivity index (χ2n) is 4.59. The van der Waals surface area contributed by atoms with Crippen molar-refractivity contribution in [2.75, 3.05) is 16.0 Å². The summed E-state index contributed by atoms with van der Waals surface area (Å²) in [4.78, 5) is 11.0. The fraction of sp³-hybridized carbons (Fsp3) is 0.0667. The van der Waals surface area contributed by atoms with E-state index in [0.717, 1.165) is 5.69 Å². The molecule has 0 aliphatic rings. The summed E-state index contributed by atoms with van der Waals surface area (Å²) >= 11 is 23.1. The Morgan fingerprint density at radius 2 is 1.30 bits per heavy atom. The van der Waals surface area contributed by atoms with Gasteiger partial charge in [-0.25, -0.2) is 0 Å². The fourth-order valence-electron chi connectivity index (χ4n) is 1.76. The summed E-state index contributed by atoms with van der Waals surface area (Å²) < 4.78 is 0. The van der Waals surface area contributed by atoms with Gasteiger partial charge >= 0.3 is 0 Å². The largest absolute Gasteiger partial charge is 0.332 e. The van der Waals surface area contributed by atoms with Crippen molar-refractivity contribution in [2.24, 2.45) is 0 Å². The number of carbonyl (C=O) groups excluding carboxylic acids is 1. The molecule has 0 unspecified atom stereocenters. The molecule has 3 N–H and O–H groups in total. The number of carbonyl (C=O) groups is 1. The molecule has 0 bridgehead atoms. The predicted octanol–water partition coefficient (Wildman–Crippen LogP) is 5.41. The SMILES string of the molecule is CC(=O)Nc1ccc(NC(=S)Nc2cc(Cl)c(Cl)c(Cl)c2)cc1. The zero-order valence-electron chi connectivity index (χ0n) is 11.9. The van der Waals surface area contributed by atoms with E-state index in [4.69, 9.17) is 47.0 Å². The van der Waals surface area contributed by atoms with E-state index in [2.05, 4.69) is 16.0 Å². The zero-order valence-corrected chi connectivity index (χ0v) is 15.0. The number of hydrogen-bond donors (Lipinski definition) is 3. The zero-order chi connectivity index (χ0) is 17.0. The first kappa shape index (κ1) is 17.8. The van der Waals surface area contributed by atoms with E-state index in [1.54, 1.807) is 36.4 Å². The molecule has 23 heavy (non-hydrogen) atoms. The fourth-order valence-corrected chi connectivity index (χ4v) is 2.59. The molecule has 0 atom stereocenters. The molecule has 0 saturated carbocycles. The van der Waals surface area contributed by atoms with Crippen molar-refractivity contribution < 1.29 is 4.79 Å². The standard InChI is InChI=1S/C15H12Cl3N3OS/c1-8(22)19-9-2-4-10(5-3-9)20-15(23)21-11-6-12(16)14(18)13(17)7-11/h2-7H,1H3,(H,19,22)(H2,20,21,23). The van der Waals surface area contributed by atoms with Gasteiger partial charge in [0.1, 0.15) is 0 Å². The van der Waals surface area contributed by atoms with Gasteiger partial charge in [0.05, 0.1) is 15.1 Å². The number of amides is 1. The second-order valence-corrected chi connectivity index (χ2v) is 6.19. The quantitative estimate of drug-likeness (QED) is 0.486. The van der Waals surface area contributed by atoms with Crippen molar-refractivity contribution in [1.29, 1.82) is 0 Å². The van der Waals surface area contributed by atoms with Gasteiger partial charge in [0, 0.05) is 24.0 Å². The molecule has 0 heterocycles. The molecular formula is C15H12Cl3N3OS. The van der Waals surface area contributed by atoms with Crippen LogP contribution in [0, 0.1) is 0 Å². The Hall–Kier alpha value is -1.53. The number of hydrogen-bond acceptors (Lipinski definition) is 2. The van der Waals surface area contributed by atoms with Gasteiger partial charge < -0.3 is 16.0 Å². The average molecular weight is 389 g/mol. The normalized spacial score (nSPS) is 10.1. The molecule has 1 amide bonds. The lowest BCUT2D eigenvalue weighted by Gasteiger charge is -2.12. The van der Waals surface area contributed by atoms with Gasteiger partial charge in [-0.05, 0) is 48.6 Å². The van der Waals surface area contributed by atoms with E-state index in [1.807, 2.05) is 0 Å². The molecule has 2 aromatic rings. The van der Waals surface area contributed by atoms with E-state index < -0.39 is 0 Å². The van der Waals surface area contributed by atoms with Gasteiger partial charge in [-0.15, -0.1) is 0 Å². The molecule has 4 nitrogen and oxygen atoms in total. The highest BCUT2D eigenvalue weighted by molar-refractivity contribution is 7.80. The van der Waals surface area contributed by atoms with E-state index in [1.165, 1.54) is 6.92 Å². The third kappa shape index (κ3) is 5.25. The highest BCUT2D eigenvalue weighted by Gasteiger charge is 2.07. The lowest BCUT2D eigenvalue weighted by atomic mass is 10.3. The first-order valence-corrected chi connectivity index (χ1v) is 7.99. The Morgan fingerprint density at radius 3 is 1.78 bits per heavy atom. The van der Waals surface area contributed by atoms with Crippen LogP contribution in [0.2, 0.25) is 15.1 Å². The first-order valence-electron chi connectivity index (χ1n) is 6.45. The molecule has 120 valence electrons. The van der Waals surface area contributed by atoms with Crippen LogP contribution in [0.25, 0.3) is 0 Å². The van der Waals surface area contributed by atoms with Crippen LogP contribution >= 0.6 is 47.0 Å². The Labute approximate surface area is 154 Å². The predicted molar refractivity (Wildman–Crippen MR) is 102 cm³/mol. The maximum atomic E-state index is 11.0. The molecule has 0 saturated heterocycles. The molecule has 0 fully saturated rings. The minimum absolute atomic E-state index is 0.126. The van der Waals surface area contributed by atoms with Crippen LogP contribution in [0.1, 0.15) is 6.92 Å². The third-order valence-electron chi connectivity index (χ3n) is 2.70. The van der Waals surface area contributed by atoms with E-state index in [-0.39, 0.29) is 5.91 Å². The highest BCUT2D eigenvalue weighted by atomic mass is 35.5. The summed E-state index contributed by atoms with van der Waals surface area (Å²) in [6.07, 6.45) is 0. The minimum atomic E-state index is -0.126. The number of rotatable bonds is 3. The summed E-state index contributed by atoms with van der Waals surface area (Å²) in [7, 11) is 0. The molecule has 2 aromatic carbocycles. The average Bonchev–Trinajstić information content (AvgIpc) is 2.46. The van der Waals surface area contributed by atoms with E-state index in [9.17, 15) is 4.79 Å². The maximum Gasteiger partial charge on any atom is 0.221 e. The molecule has 2 rings (SSSR count). The van der Waals surface area contributed by atoms with Crippen LogP contribution in [-0.4, -0.2) is 11.0 Å². The molecule has 0 spiro atoms. The van der Waals surface area contributed by atoms with Gasteiger partial charge in [-0.3, -0.25) is 4.79 Å². The smallest absolute Gasteiger partial charge is 0.221 e. The van der Waals surface area contributed by atoms with Crippen molar-refractivity contribution >= 4 is 75.1 Å². The third-order valence-corrected chi connectivity index (χ3v) is 4.11. The maximum absolute atomic E-state index is 11.0. The molecule has 8 heteroatoms. The topological polar surface area (TPSA) is 53.2 Å². The van der Waals surface area contributed by atoms with Crippen molar-refractivity contribution in [3.8, 4) is 0 Å². The lowest BCUT2D eigenvalue weighted by molar-refractivity contribution is -0.114. The van der Waals surface area contributed by atoms with Crippen LogP contribution < -0.4 is 16.0 Å². The van der Waals surface area contributed by atoms with Gasteiger partial charge in [0.15, 0.2) is 5.11 Å². The molecular weight excluding hydrogens is 377 g/mol. The monoisotopic (exact) mass is 387 g/mol. The summed E-state index contributed by atoms with van der Waals surface area (Å²) in [5.74, 6) is -0.126. The van der Waals surface area contributed by atoms with Gasteiger partial charge in [-0.2, -0.15) is 0 Å². The molecule has 0 aliphatic carbocycles. The minimum Gasteiger partial charge on any atom is -0.332 e. The Kier molecular flexibility index (Phi) is 6.07. The van der Waals surface area contributed by atoms with Crippen LogP contribution in [0.15, 0.2) is 36.4 Å². The Morgan fingerprint density at radius 1 is 0.870 bits per heavy atom. The van der Waals surface area contributed by atoms with E-state index >= 15 is 0 Å². The molecule has 0 aliphatic heterocycles. The summed E-state index contributed by atoms with van der Waals surface area (Å²) in [6, 6.07) is 10.4. The van der Waals surface area contributed by atoms with Gasteiger partial charge in [0.25, 0.3) is 0 Å². The lowest BCUT2D eigenvalue weighted by Crippen LogP contribution is -2.19. The molecule has 0 aromatic heterocycles. The first-order chi connectivity index (χ1) is 10.8. The van der Waals surface area contributed by atoms with Crippen LogP contribution in [-0.2, 0) is 4.79 Å². The van der Waals surface area contributed by atoms with E-state index in [0.29, 0.717) is 31.6 Å². The summed E-state index contributed by atoms with van der Waals surface area (Å²) in [6.45, 7) is 1.45. The van der Waals surface area contributed by atoms with Crippen molar-refractivity contribution in [3.63, 3.8) is 0 Å². The van der Waals surface area contributed by atoms with Gasteiger partial charge in [-0.1, -0.05) is 34.8 Å². The highest BCUT2D eigenvalue weighted by Crippen LogP contribution is 2.33. The van der Waals surface area contributed by atoms with Crippen molar-refractivity contribution in [3.05, 3.63) is 51.5 Å². The Bertz CT molecular complexity index is 727. The number of nitrogens with one attached hydrogen (secondary N) is 3. The molecule has 0 radical (unpaired) electrons. The summed E-state index contributed by atoms with van der Waals surface area (Å²) in [5, 5.41) is 10.0. The van der Waals surface area contributed by atoms with Crippen molar-refractivity contribution in [1.82, 2.24) is 0 Å². The van der Waals surface area contributed by atoms with Crippen LogP contribution in [0.4, 0.5) is 17.1 Å². The Balaban J connectivity index is 2.01. The second kappa shape index (κ2) is 7.84. The number of thiocarbonyl (C=S) groups is 1. The number of benzene rings is 2. The van der Waals surface area contributed by atoms with Crippen LogP contribution in [0.5, 0.6) is 0 Å². The summed E-state index contributed by atoms with van der Waals surface area (Å²) in [5.41, 5.74) is 2.10. The number of anilines is 3. The van der Waals surface area contributed by atoms with Crippen molar-refractivity contribution in [2.45, 2.75) is 6.92 Å².